The van der Waals surface area contributed by atoms with Gasteiger partial charge in [0, 0.05) is 30.1 Å². The van der Waals surface area contributed by atoms with Crippen LogP contribution in [0.5, 0.6) is 11.6 Å². The van der Waals surface area contributed by atoms with E-state index in [1.807, 2.05) is 25.1 Å². The van der Waals surface area contributed by atoms with E-state index < -0.39 is 0 Å². The summed E-state index contributed by atoms with van der Waals surface area (Å²) < 4.78 is 5.61. The zero-order chi connectivity index (χ0) is 15.4. The Morgan fingerprint density at radius 1 is 1.39 bits per heavy atom. The van der Waals surface area contributed by atoms with Crippen molar-refractivity contribution >= 4 is 24.0 Å². The minimum Gasteiger partial charge on any atom is -0.437 e. The molecule has 0 radical (unpaired) electrons. The summed E-state index contributed by atoms with van der Waals surface area (Å²) in [6.07, 6.45) is 4.69. The van der Waals surface area contributed by atoms with Crippen LogP contribution in [0.3, 0.4) is 0 Å². The summed E-state index contributed by atoms with van der Waals surface area (Å²) in [5, 5.41) is 6.12. The topological polar surface area (TPSA) is 76.1 Å². The standard InChI is InChI=1S/C16H18N4O2.ClH/c1-11(12-8-18-9-12)16(21)20-13-3-2-4-14(7-13)22-15-10-17-5-6-19-15;/h2-7,10-12,18H,8-9H2,1H3,(H,20,21);1H. The van der Waals surface area contributed by atoms with Crippen LogP contribution in [0.25, 0.3) is 0 Å². The van der Waals surface area contributed by atoms with Crippen molar-refractivity contribution in [2.45, 2.75) is 6.92 Å². The van der Waals surface area contributed by atoms with Crippen molar-refractivity contribution in [2.75, 3.05) is 18.4 Å². The molecule has 2 aromatic rings. The molecule has 2 heterocycles. The lowest BCUT2D eigenvalue weighted by molar-refractivity contribution is -0.121. The van der Waals surface area contributed by atoms with E-state index in [1.165, 1.54) is 6.20 Å². The Hall–Kier alpha value is -2.18. The van der Waals surface area contributed by atoms with E-state index in [2.05, 4.69) is 20.6 Å². The van der Waals surface area contributed by atoms with E-state index in [0.717, 1.165) is 13.1 Å². The molecule has 0 aliphatic carbocycles. The van der Waals surface area contributed by atoms with Crippen LogP contribution < -0.4 is 15.4 Å². The van der Waals surface area contributed by atoms with Crippen molar-refractivity contribution in [1.29, 1.82) is 0 Å². The average molecular weight is 335 g/mol. The maximum atomic E-state index is 12.2. The molecule has 0 saturated carbocycles. The van der Waals surface area contributed by atoms with Gasteiger partial charge in [-0.15, -0.1) is 12.4 Å². The lowest BCUT2D eigenvalue weighted by atomic mass is 9.88. The van der Waals surface area contributed by atoms with Gasteiger partial charge < -0.3 is 15.4 Å². The average Bonchev–Trinajstić information content (AvgIpc) is 2.47. The van der Waals surface area contributed by atoms with Gasteiger partial charge in [-0.1, -0.05) is 13.0 Å². The van der Waals surface area contributed by atoms with Gasteiger partial charge in [-0.2, -0.15) is 0 Å². The third-order valence-electron chi connectivity index (χ3n) is 3.80. The molecular weight excluding hydrogens is 316 g/mol. The van der Waals surface area contributed by atoms with E-state index in [4.69, 9.17) is 4.74 Å². The Bertz CT molecular complexity index is 650. The first-order valence-corrected chi connectivity index (χ1v) is 7.28. The molecule has 7 heteroatoms. The largest absolute Gasteiger partial charge is 0.437 e. The summed E-state index contributed by atoms with van der Waals surface area (Å²) in [6, 6.07) is 7.26. The van der Waals surface area contributed by atoms with Crippen LogP contribution in [0, 0.1) is 11.8 Å². The van der Waals surface area contributed by atoms with Gasteiger partial charge in [-0.25, -0.2) is 4.98 Å². The minimum absolute atomic E-state index is 0. The first kappa shape index (κ1) is 17.2. The van der Waals surface area contributed by atoms with E-state index in [9.17, 15) is 4.79 Å². The van der Waals surface area contributed by atoms with Crippen LogP contribution in [0.15, 0.2) is 42.9 Å². The summed E-state index contributed by atoms with van der Waals surface area (Å²) in [5.74, 6) is 1.46. The predicted molar refractivity (Wildman–Crippen MR) is 89.9 cm³/mol. The van der Waals surface area contributed by atoms with Gasteiger partial charge in [-0.05, 0) is 31.1 Å². The summed E-state index contributed by atoms with van der Waals surface area (Å²) in [4.78, 5) is 20.2. The molecular formula is C16H19ClN4O2. The molecule has 1 unspecified atom stereocenters. The van der Waals surface area contributed by atoms with Gasteiger partial charge in [0.15, 0.2) is 0 Å². The number of anilines is 1. The monoisotopic (exact) mass is 334 g/mol. The van der Waals surface area contributed by atoms with Gasteiger partial charge in [0.05, 0.1) is 6.20 Å². The number of nitrogens with one attached hydrogen (secondary N) is 2. The number of rotatable bonds is 5. The number of benzene rings is 1. The molecule has 1 aliphatic heterocycles. The van der Waals surface area contributed by atoms with Crippen LogP contribution in [0.1, 0.15) is 6.92 Å². The Morgan fingerprint density at radius 3 is 2.87 bits per heavy atom. The molecule has 2 N–H and O–H groups in total. The summed E-state index contributed by atoms with van der Waals surface area (Å²) in [5.41, 5.74) is 0.713. The second kappa shape index (κ2) is 7.89. The van der Waals surface area contributed by atoms with Crippen molar-refractivity contribution in [3.05, 3.63) is 42.9 Å². The van der Waals surface area contributed by atoms with Crippen LogP contribution >= 0.6 is 12.4 Å². The molecule has 122 valence electrons. The fourth-order valence-electron chi connectivity index (χ4n) is 2.23. The maximum absolute atomic E-state index is 12.2. The number of hydrogen-bond donors (Lipinski definition) is 2. The fraction of sp³-hybridized carbons (Fsp3) is 0.312. The molecule has 1 aromatic carbocycles. The molecule has 1 atom stereocenters. The Kier molecular flexibility index (Phi) is 5.90. The second-order valence-corrected chi connectivity index (χ2v) is 5.37. The molecule has 1 aromatic heterocycles. The lowest BCUT2D eigenvalue weighted by Crippen LogP contribution is -2.48. The van der Waals surface area contributed by atoms with Crippen molar-refractivity contribution < 1.29 is 9.53 Å². The van der Waals surface area contributed by atoms with E-state index in [1.54, 1.807) is 18.5 Å². The van der Waals surface area contributed by atoms with Crippen molar-refractivity contribution in [3.63, 3.8) is 0 Å². The number of aromatic nitrogens is 2. The highest BCUT2D eigenvalue weighted by molar-refractivity contribution is 5.92. The fourth-order valence-corrected chi connectivity index (χ4v) is 2.23. The van der Waals surface area contributed by atoms with Gasteiger partial charge in [0.25, 0.3) is 0 Å². The van der Waals surface area contributed by atoms with Gasteiger partial charge >= 0.3 is 0 Å². The van der Waals surface area contributed by atoms with Crippen molar-refractivity contribution in [2.24, 2.45) is 11.8 Å². The quantitative estimate of drug-likeness (QED) is 0.878. The third-order valence-corrected chi connectivity index (χ3v) is 3.80. The van der Waals surface area contributed by atoms with E-state index >= 15 is 0 Å². The van der Waals surface area contributed by atoms with Gasteiger partial charge in [0.2, 0.25) is 11.8 Å². The Morgan fingerprint density at radius 2 is 2.22 bits per heavy atom. The van der Waals surface area contributed by atoms with Gasteiger partial charge in [-0.3, -0.25) is 9.78 Å². The first-order chi connectivity index (χ1) is 10.7. The maximum Gasteiger partial charge on any atom is 0.237 e. The van der Waals surface area contributed by atoms with Crippen LogP contribution in [0.2, 0.25) is 0 Å². The summed E-state index contributed by atoms with van der Waals surface area (Å²) in [7, 11) is 0. The molecule has 0 bridgehead atoms. The highest BCUT2D eigenvalue weighted by Gasteiger charge is 2.28. The van der Waals surface area contributed by atoms with Crippen molar-refractivity contribution in [1.82, 2.24) is 15.3 Å². The molecule has 6 nitrogen and oxygen atoms in total. The van der Waals surface area contributed by atoms with Crippen molar-refractivity contribution in [3.8, 4) is 11.6 Å². The smallest absolute Gasteiger partial charge is 0.237 e. The highest BCUT2D eigenvalue weighted by atomic mass is 35.5. The SMILES string of the molecule is CC(C(=O)Nc1cccc(Oc2cnccn2)c1)C1CNC1.Cl. The predicted octanol–water partition coefficient (Wildman–Crippen LogP) is 2.48. The zero-order valence-electron chi connectivity index (χ0n) is 12.7. The number of amides is 1. The highest BCUT2D eigenvalue weighted by Crippen LogP contribution is 2.23. The molecule has 1 amide bonds. The Balaban J connectivity index is 0.00000192. The molecule has 0 spiro atoms. The Labute approximate surface area is 141 Å². The number of hydrogen-bond acceptors (Lipinski definition) is 5. The molecule has 1 saturated heterocycles. The van der Waals surface area contributed by atoms with Gasteiger partial charge in [0.1, 0.15) is 5.75 Å². The van der Waals surface area contributed by atoms with Crippen LogP contribution in [-0.2, 0) is 4.79 Å². The van der Waals surface area contributed by atoms with Crippen LogP contribution in [-0.4, -0.2) is 29.0 Å². The summed E-state index contributed by atoms with van der Waals surface area (Å²) >= 11 is 0. The van der Waals surface area contributed by atoms with E-state index in [0.29, 0.717) is 23.2 Å². The molecule has 1 aliphatic rings. The van der Waals surface area contributed by atoms with Crippen LogP contribution in [0.4, 0.5) is 5.69 Å². The zero-order valence-corrected chi connectivity index (χ0v) is 13.5. The number of carbonyl (C=O) groups is 1. The summed E-state index contributed by atoms with van der Waals surface area (Å²) in [6.45, 7) is 3.77. The number of carbonyl (C=O) groups excluding carboxylic acids is 1. The normalized spacial score (nSPS) is 15.0. The number of nitrogens with zero attached hydrogens (tertiary/aromatic N) is 2. The minimum atomic E-state index is -0.00851. The molecule has 23 heavy (non-hydrogen) atoms. The number of ether oxygens (including phenoxy) is 1. The third kappa shape index (κ3) is 4.40. The number of halogens is 1. The molecule has 1 fully saturated rings. The second-order valence-electron chi connectivity index (χ2n) is 5.37. The molecule has 3 rings (SSSR count). The van der Waals surface area contributed by atoms with E-state index in [-0.39, 0.29) is 24.2 Å². The first-order valence-electron chi connectivity index (χ1n) is 7.28. The lowest BCUT2D eigenvalue weighted by Gasteiger charge is -2.31.